The normalized spacial score (nSPS) is 21.1. The molecule has 0 aliphatic carbocycles. The lowest BCUT2D eigenvalue weighted by atomic mass is 9.99. The minimum atomic E-state index is -4.47. The number of nitrogens with zero attached hydrogens (tertiary/aromatic N) is 4. The van der Waals surface area contributed by atoms with Gasteiger partial charge in [-0.25, -0.2) is 14.3 Å². The predicted molar refractivity (Wildman–Crippen MR) is 166 cm³/mol. The van der Waals surface area contributed by atoms with E-state index in [1.54, 1.807) is 18.2 Å². The maximum atomic E-state index is 14.1. The van der Waals surface area contributed by atoms with Crippen LogP contribution in [0.5, 0.6) is 5.75 Å². The summed E-state index contributed by atoms with van der Waals surface area (Å²) >= 11 is 0. The van der Waals surface area contributed by atoms with Gasteiger partial charge in [-0.1, -0.05) is 63.1 Å². The van der Waals surface area contributed by atoms with Gasteiger partial charge in [-0.05, 0) is 25.5 Å². The molecule has 1 aromatic carbocycles. The summed E-state index contributed by atoms with van der Waals surface area (Å²) < 4.78 is 57.8. The number of carboxylic acids is 1. The second-order valence-corrected chi connectivity index (χ2v) is 12.6. The molecule has 1 fully saturated rings. The number of nitrogens with two attached hydrogens (primary N) is 1. The number of ether oxygens (including phenoxy) is 3. The predicted octanol–water partition coefficient (Wildman–Crippen LogP) is 4.99. The summed E-state index contributed by atoms with van der Waals surface area (Å²) in [5.41, 5.74) is 3.95. The van der Waals surface area contributed by atoms with Gasteiger partial charge in [0.25, 0.3) is 0 Å². The summed E-state index contributed by atoms with van der Waals surface area (Å²) in [6, 6.07) is 6.54. The van der Waals surface area contributed by atoms with Crippen LogP contribution in [0.3, 0.4) is 0 Å². The number of nitrogen functional groups attached to an aromatic ring is 1. The van der Waals surface area contributed by atoms with Crippen molar-refractivity contribution < 1.29 is 46.9 Å². The number of para-hydroxylation sites is 1. The highest BCUT2D eigenvalue weighted by Gasteiger charge is 2.53. The van der Waals surface area contributed by atoms with Crippen molar-refractivity contribution in [3.63, 3.8) is 0 Å². The van der Waals surface area contributed by atoms with Gasteiger partial charge >= 0.3 is 25.9 Å². The van der Waals surface area contributed by atoms with Crippen LogP contribution in [-0.4, -0.2) is 67.7 Å². The lowest BCUT2D eigenvalue weighted by molar-refractivity contribution is -0.138. The number of anilines is 1. The summed E-state index contributed by atoms with van der Waals surface area (Å²) in [5, 5.41) is 11.8. The van der Waals surface area contributed by atoms with Crippen LogP contribution in [-0.2, 0) is 28.1 Å². The number of terminal acetylenes is 1. The second kappa shape index (κ2) is 16.0. The zero-order valence-corrected chi connectivity index (χ0v) is 26.9. The standard InChI is InChI=1S/C30H38FN6O9P/c1-4-6-7-8-9-13-16-42-29(40)44-22-17-23(37-19-33-24-25(32)34-28(31)35-26(24)37)45-30(22,5-2)18-43-47(41,36-20(3)27(38)39)46-21-14-11-10-12-15-21/h2,10-12,14-15,19-20,22-23H,4,6-9,13,16-18H2,1,3H3,(H,36,41)(H,38,39)(H2,32,34,35)/t20-,22-,23+,30+,47-/m0/s1. The molecule has 1 saturated heterocycles. The summed E-state index contributed by atoms with van der Waals surface area (Å²) in [6.07, 6.45) is 8.50. The number of rotatable bonds is 17. The Morgan fingerprint density at radius 3 is 2.68 bits per heavy atom. The molecule has 1 aliphatic heterocycles. The molecule has 0 bridgehead atoms. The van der Waals surface area contributed by atoms with Gasteiger partial charge in [0.1, 0.15) is 24.6 Å². The van der Waals surface area contributed by atoms with Crippen LogP contribution < -0.4 is 15.3 Å². The average molecular weight is 677 g/mol. The minimum absolute atomic E-state index is 0.0202. The Morgan fingerprint density at radius 2 is 1.98 bits per heavy atom. The smallest absolute Gasteiger partial charge is 0.480 e. The van der Waals surface area contributed by atoms with Crippen LogP contribution in [0.25, 0.3) is 11.2 Å². The summed E-state index contributed by atoms with van der Waals surface area (Å²) in [6.45, 7) is 2.77. The molecule has 17 heteroatoms. The number of unbranched alkanes of at least 4 members (excludes halogenated alkanes) is 5. The van der Waals surface area contributed by atoms with E-state index in [1.807, 2.05) is 0 Å². The number of carboxylic acid groups (broad SMARTS) is 1. The first kappa shape index (κ1) is 35.6. The molecular formula is C30H38FN6O9P. The van der Waals surface area contributed by atoms with Crippen molar-refractivity contribution in [3.05, 3.63) is 42.7 Å². The summed E-state index contributed by atoms with van der Waals surface area (Å²) in [5.74, 6) is 1.01. The van der Waals surface area contributed by atoms with Gasteiger partial charge < -0.3 is 29.6 Å². The van der Waals surface area contributed by atoms with Crippen molar-refractivity contribution in [2.45, 2.75) is 82.8 Å². The first-order valence-electron chi connectivity index (χ1n) is 15.1. The molecule has 0 unspecified atom stereocenters. The van der Waals surface area contributed by atoms with E-state index in [1.165, 1.54) is 30.0 Å². The number of benzene rings is 1. The third kappa shape index (κ3) is 9.17. The third-order valence-corrected chi connectivity index (χ3v) is 8.98. The highest BCUT2D eigenvalue weighted by molar-refractivity contribution is 7.52. The number of halogens is 1. The van der Waals surface area contributed by atoms with E-state index >= 15 is 0 Å². The van der Waals surface area contributed by atoms with E-state index in [-0.39, 0.29) is 35.8 Å². The highest BCUT2D eigenvalue weighted by Crippen LogP contribution is 2.48. The molecule has 1 aliphatic rings. The largest absolute Gasteiger partial charge is 0.508 e. The van der Waals surface area contributed by atoms with Gasteiger partial charge in [0.15, 0.2) is 28.7 Å². The number of aromatic nitrogens is 4. The monoisotopic (exact) mass is 676 g/mol. The maximum absolute atomic E-state index is 14.1. The zero-order chi connectivity index (χ0) is 34.0. The van der Waals surface area contributed by atoms with E-state index < -0.39 is 56.5 Å². The molecule has 3 aromatic rings. The second-order valence-electron chi connectivity index (χ2n) is 10.9. The molecule has 4 N–H and O–H groups in total. The zero-order valence-electron chi connectivity index (χ0n) is 26.0. The van der Waals surface area contributed by atoms with Crippen LogP contribution in [0.2, 0.25) is 0 Å². The number of imidazole rings is 1. The van der Waals surface area contributed by atoms with E-state index in [0.717, 1.165) is 32.1 Å². The topological polar surface area (TPSA) is 199 Å². The Kier molecular flexibility index (Phi) is 12.1. The molecule has 15 nitrogen and oxygen atoms in total. The fourth-order valence-electron chi connectivity index (χ4n) is 4.84. The lowest BCUT2D eigenvalue weighted by Crippen LogP contribution is -2.45. The number of hydrogen-bond donors (Lipinski definition) is 3. The fraction of sp³-hybridized carbons (Fsp3) is 0.500. The van der Waals surface area contributed by atoms with Crippen LogP contribution in [0.1, 0.15) is 65.0 Å². The molecule has 0 saturated carbocycles. The van der Waals surface area contributed by atoms with Gasteiger partial charge in [-0.15, -0.1) is 6.42 Å². The average Bonchev–Trinajstić information content (AvgIpc) is 3.62. The van der Waals surface area contributed by atoms with Crippen molar-refractivity contribution in [3.8, 4) is 18.1 Å². The number of nitrogens with one attached hydrogen (secondary N) is 1. The SMILES string of the molecule is C#C[C@]1(CO[P@@](=O)(N[C@@H](C)C(=O)O)Oc2ccccc2)O[C@@H](n2cnc3c(N)nc(F)nc32)C[C@@H]1OC(=O)OCCCCCCCC. The number of aliphatic carboxylic acids is 1. The summed E-state index contributed by atoms with van der Waals surface area (Å²) in [7, 11) is -4.47. The quantitative estimate of drug-likeness (QED) is 0.0568. The molecule has 2 aromatic heterocycles. The third-order valence-electron chi connectivity index (χ3n) is 7.35. The van der Waals surface area contributed by atoms with Crippen molar-refractivity contribution in [2.75, 3.05) is 18.9 Å². The van der Waals surface area contributed by atoms with E-state index in [0.29, 0.717) is 6.42 Å². The lowest BCUT2D eigenvalue weighted by Gasteiger charge is -2.30. The van der Waals surface area contributed by atoms with Crippen molar-refractivity contribution >= 4 is 36.9 Å². The molecule has 254 valence electrons. The molecule has 0 amide bonds. The number of carbonyl (C=O) groups excluding carboxylic acids is 1. The van der Waals surface area contributed by atoms with Crippen LogP contribution in [0, 0.1) is 18.4 Å². The molecule has 0 spiro atoms. The molecule has 3 heterocycles. The highest BCUT2D eigenvalue weighted by atomic mass is 31.2. The Hall–Kier alpha value is -4.29. The first-order valence-corrected chi connectivity index (χ1v) is 16.7. The fourth-order valence-corrected chi connectivity index (χ4v) is 6.37. The van der Waals surface area contributed by atoms with Gasteiger partial charge in [0.2, 0.25) is 0 Å². The van der Waals surface area contributed by atoms with Crippen LogP contribution in [0.15, 0.2) is 36.7 Å². The Balaban J connectivity index is 1.58. The van der Waals surface area contributed by atoms with Crippen molar-refractivity contribution in [1.82, 2.24) is 24.6 Å². The first-order chi connectivity index (χ1) is 22.5. The van der Waals surface area contributed by atoms with Crippen molar-refractivity contribution in [1.29, 1.82) is 0 Å². The van der Waals surface area contributed by atoms with Crippen LogP contribution in [0.4, 0.5) is 15.0 Å². The van der Waals surface area contributed by atoms with E-state index in [9.17, 15) is 23.7 Å². The van der Waals surface area contributed by atoms with E-state index in [4.69, 9.17) is 35.4 Å². The Labute approximate surface area is 270 Å². The van der Waals surface area contributed by atoms with Gasteiger partial charge in [0.05, 0.1) is 12.9 Å². The van der Waals surface area contributed by atoms with Crippen LogP contribution >= 0.6 is 7.75 Å². The molecular weight excluding hydrogens is 638 g/mol. The molecule has 47 heavy (non-hydrogen) atoms. The van der Waals surface area contributed by atoms with Gasteiger partial charge in [-0.3, -0.25) is 13.9 Å². The van der Waals surface area contributed by atoms with Crippen molar-refractivity contribution in [2.24, 2.45) is 0 Å². The molecule has 0 radical (unpaired) electrons. The minimum Gasteiger partial charge on any atom is -0.480 e. The Morgan fingerprint density at radius 1 is 1.26 bits per heavy atom. The van der Waals surface area contributed by atoms with E-state index in [2.05, 4.69) is 32.9 Å². The summed E-state index contributed by atoms with van der Waals surface area (Å²) in [4.78, 5) is 35.8. The number of fused-ring (bicyclic) bond motifs is 1. The number of carbonyl (C=O) groups is 2. The molecule has 4 rings (SSSR count). The Bertz CT molecular complexity index is 1620. The van der Waals surface area contributed by atoms with Gasteiger partial charge in [0, 0.05) is 6.42 Å². The molecule has 5 atom stereocenters. The number of hydrogen-bond acceptors (Lipinski definition) is 12. The van der Waals surface area contributed by atoms with Gasteiger partial charge in [-0.2, -0.15) is 19.4 Å². The maximum Gasteiger partial charge on any atom is 0.508 e.